The zero-order chi connectivity index (χ0) is 24.9. The number of methoxy groups -OCH3 is 1. The van der Waals surface area contributed by atoms with Crippen LogP contribution >= 0.6 is 19.3 Å². The van der Waals surface area contributed by atoms with Crippen LogP contribution in [0.1, 0.15) is 20.3 Å². The summed E-state index contributed by atoms with van der Waals surface area (Å²) in [6.45, 7) is 2.80. The monoisotopic (exact) mass is 505 g/mol. The van der Waals surface area contributed by atoms with Gasteiger partial charge in [-0.2, -0.15) is 0 Å². The highest BCUT2D eigenvalue weighted by atomic mass is 35.5. The molecule has 184 valence electrons. The molecule has 3 unspecified atom stereocenters. The van der Waals surface area contributed by atoms with Gasteiger partial charge in [0.2, 0.25) is 12.3 Å². The molecule has 0 aliphatic heterocycles. The molecular weight excluding hydrogens is 477 g/mol. The van der Waals surface area contributed by atoms with Gasteiger partial charge in [-0.15, -0.1) is 0 Å². The van der Waals surface area contributed by atoms with Crippen LogP contribution in [0.5, 0.6) is 5.75 Å². The van der Waals surface area contributed by atoms with Gasteiger partial charge in [0.1, 0.15) is 18.5 Å². The quantitative estimate of drug-likeness (QED) is 0.121. The van der Waals surface area contributed by atoms with E-state index in [1.54, 1.807) is 26.0 Å². The number of nitrogens with one attached hydrogen (secondary N) is 2. The molecule has 0 aliphatic rings. The number of nitrogens with zero attached hydrogens (tertiary/aromatic N) is 1. The molecule has 1 aromatic carbocycles. The van der Waals surface area contributed by atoms with Crippen LogP contribution in [-0.4, -0.2) is 62.8 Å². The zero-order valence-corrected chi connectivity index (χ0v) is 20.5. The second-order valence-electron chi connectivity index (χ2n) is 6.50. The Bertz CT molecular complexity index is 852. The van der Waals surface area contributed by atoms with Gasteiger partial charge in [-0.3, -0.25) is 23.8 Å². The maximum Gasteiger partial charge on any atom is 0.459 e. The predicted molar refractivity (Wildman–Crippen MR) is 121 cm³/mol. The molecule has 0 bridgehead atoms. The highest BCUT2D eigenvalue weighted by molar-refractivity contribution is 7.52. The number of hydrogen-bond acceptors (Lipinski definition) is 8. The third-order valence-electron chi connectivity index (χ3n) is 4.15. The number of likely N-dealkylation sites (N-methyl/N-ethyl adjacent to an activating group) is 1. The van der Waals surface area contributed by atoms with Crippen molar-refractivity contribution in [2.24, 2.45) is 0 Å². The van der Waals surface area contributed by atoms with Gasteiger partial charge in [-0.05, 0) is 37.6 Å². The lowest BCUT2D eigenvalue weighted by Crippen LogP contribution is -2.35. The van der Waals surface area contributed by atoms with Crippen molar-refractivity contribution in [3.63, 3.8) is 0 Å². The molecule has 0 heterocycles. The van der Waals surface area contributed by atoms with Crippen molar-refractivity contribution in [3.8, 4) is 5.75 Å². The fourth-order valence-electron chi connectivity index (χ4n) is 2.23. The van der Waals surface area contributed by atoms with Crippen LogP contribution in [0.15, 0.2) is 36.5 Å². The van der Waals surface area contributed by atoms with Gasteiger partial charge in [0.15, 0.2) is 0 Å². The van der Waals surface area contributed by atoms with Crippen molar-refractivity contribution in [2.45, 2.75) is 32.6 Å². The lowest BCUT2D eigenvalue weighted by molar-refractivity contribution is -0.139. The normalized spacial score (nSPS) is 14.7. The Labute approximate surface area is 197 Å². The van der Waals surface area contributed by atoms with Gasteiger partial charge >= 0.3 is 13.7 Å². The third-order valence-corrected chi connectivity index (χ3v) is 5.88. The first-order chi connectivity index (χ1) is 15.7. The van der Waals surface area contributed by atoms with Crippen LogP contribution in [0.2, 0.25) is 5.02 Å². The molecule has 1 rings (SSSR count). The van der Waals surface area contributed by atoms with E-state index < -0.39 is 32.6 Å². The molecular formula is C20H29ClN3O8P. The number of carbonyl (C=O) groups is 3. The predicted octanol–water partition coefficient (Wildman–Crippen LogP) is 2.47. The van der Waals surface area contributed by atoms with Crippen LogP contribution < -0.4 is 14.9 Å². The average molecular weight is 506 g/mol. The molecule has 0 radical (unpaired) electrons. The largest absolute Gasteiger partial charge is 0.468 e. The van der Waals surface area contributed by atoms with E-state index >= 15 is 0 Å². The summed E-state index contributed by atoms with van der Waals surface area (Å²) in [5, 5.41) is 5.30. The standard InChI is InChI=1S/C20H29ClN3O8P/c1-5-17(31-15(2)24(14-25)11-10-19(26)22-3)13-30-33(28,23-12-20(27)29-4)32-18-8-6-16(21)7-9-18/h6-11,14-15,17H,5,12-13H2,1-4H3,(H,22,26)(H,23,28)/b11-10-. The smallest absolute Gasteiger partial charge is 0.459 e. The van der Waals surface area contributed by atoms with Crippen LogP contribution in [0.3, 0.4) is 0 Å². The first kappa shape index (κ1) is 28.6. The number of carbonyl (C=O) groups excluding carboxylic acids is 3. The van der Waals surface area contributed by atoms with Crippen LogP contribution in [0.4, 0.5) is 0 Å². The van der Waals surface area contributed by atoms with Gasteiger partial charge < -0.3 is 19.3 Å². The van der Waals surface area contributed by atoms with Crippen LogP contribution in [0, 0.1) is 0 Å². The Morgan fingerprint density at radius 2 is 1.94 bits per heavy atom. The first-order valence-corrected chi connectivity index (χ1v) is 11.9. The van der Waals surface area contributed by atoms with Crippen molar-refractivity contribution in [2.75, 3.05) is 27.3 Å². The molecule has 13 heteroatoms. The molecule has 0 fully saturated rings. The molecule has 0 spiro atoms. The third kappa shape index (κ3) is 10.8. The van der Waals surface area contributed by atoms with Crippen LogP contribution in [0.25, 0.3) is 0 Å². The second kappa shape index (κ2) is 14.7. The number of amides is 2. The summed E-state index contributed by atoms with van der Waals surface area (Å²) in [6, 6.07) is 6.08. The van der Waals surface area contributed by atoms with Crippen molar-refractivity contribution in [3.05, 3.63) is 41.6 Å². The Hall–Kier alpha value is -2.43. The molecule has 33 heavy (non-hydrogen) atoms. The zero-order valence-electron chi connectivity index (χ0n) is 18.9. The van der Waals surface area contributed by atoms with Gasteiger partial charge in [-0.1, -0.05) is 18.5 Å². The van der Waals surface area contributed by atoms with Gasteiger partial charge in [-0.25, -0.2) is 9.65 Å². The van der Waals surface area contributed by atoms with Crippen molar-refractivity contribution in [1.82, 2.24) is 15.3 Å². The van der Waals surface area contributed by atoms with E-state index in [2.05, 4.69) is 15.1 Å². The van der Waals surface area contributed by atoms with E-state index in [9.17, 15) is 18.9 Å². The summed E-state index contributed by atoms with van der Waals surface area (Å²) in [6.07, 6.45) is 2.04. The molecule has 1 aromatic rings. The molecule has 11 nitrogen and oxygen atoms in total. The van der Waals surface area contributed by atoms with E-state index in [1.807, 2.05) is 0 Å². The average Bonchev–Trinajstić information content (AvgIpc) is 2.81. The van der Waals surface area contributed by atoms with E-state index in [0.717, 1.165) is 4.90 Å². The van der Waals surface area contributed by atoms with Crippen LogP contribution in [-0.2, 0) is 32.9 Å². The SMILES string of the molecule is CCC(COP(=O)(NCC(=O)OC)Oc1ccc(Cl)cc1)OC(C)N(C=O)/C=C\C(=O)NC. The second-order valence-corrected chi connectivity index (χ2v) is 8.69. The van der Waals surface area contributed by atoms with E-state index in [4.69, 9.17) is 25.4 Å². The number of ether oxygens (including phenoxy) is 2. The fourth-order valence-corrected chi connectivity index (χ4v) is 3.65. The lowest BCUT2D eigenvalue weighted by atomic mass is 10.3. The summed E-state index contributed by atoms with van der Waals surface area (Å²) >= 11 is 5.85. The van der Waals surface area contributed by atoms with Crippen molar-refractivity contribution >= 4 is 37.6 Å². The van der Waals surface area contributed by atoms with Crippen molar-refractivity contribution < 1.29 is 37.5 Å². The first-order valence-electron chi connectivity index (χ1n) is 9.96. The highest BCUT2D eigenvalue weighted by Gasteiger charge is 2.30. The maximum absolute atomic E-state index is 13.2. The number of benzene rings is 1. The Morgan fingerprint density at radius 1 is 1.27 bits per heavy atom. The minimum Gasteiger partial charge on any atom is -0.468 e. The van der Waals surface area contributed by atoms with Gasteiger partial charge in [0.05, 0.1) is 19.8 Å². The summed E-state index contributed by atoms with van der Waals surface area (Å²) in [7, 11) is -1.37. The molecule has 0 aromatic heterocycles. The van der Waals surface area contributed by atoms with E-state index in [0.29, 0.717) is 17.9 Å². The Balaban J connectivity index is 2.85. The van der Waals surface area contributed by atoms with E-state index in [-0.39, 0.29) is 18.3 Å². The molecule has 0 aliphatic carbocycles. The summed E-state index contributed by atoms with van der Waals surface area (Å²) in [5.74, 6) is -0.852. The molecule has 3 atom stereocenters. The highest BCUT2D eigenvalue weighted by Crippen LogP contribution is 2.44. The number of rotatable bonds is 15. The number of halogens is 1. The summed E-state index contributed by atoms with van der Waals surface area (Å²) in [5.41, 5.74) is 0. The Kier molecular flexibility index (Phi) is 12.7. The lowest BCUT2D eigenvalue weighted by Gasteiger charge is -2.28. The van der Waals surface area contributed by atoms with Gasteiger partial charge in [0, 0.05) is 24.3 Å². The fraction of sp³-hybridized carbons (Fsp3) is 0.450. The minimum absolute atomic E-state index is 0.189. The molecule has 0 saturated heterocycles. The van der Waals surface area contributed by atoms with E-state index in [1.165, 1.54) is 38.6 Å². The maximum atomic E-state index is 13.2. The molecule has 0 saturated carbocycles. The summed E-state index contributed by atoms with van der Waals surface area (Å²) < 4.78 is 34.6. The number of esters is 1. The molecule has 2 N–H and O–H groups in total. The number of hydrogen-bond donors (Lipinski definition) is 2. The minimum atomic E-state index is -4.02. The molecule has 2 amide bonds. The van der Waals surface area contributed by atoms with Gasteiger partial charge in [0.25, 0.3) is 0 Å². The Morgan fingerprint density at radius 3 is 2.48 bits per heavy atom. The topological polar surface area (TPSA) is 132 Å². The summed E-state index contributed by atoms with van der Waals surface area (Å²) in [4.78, 5) is 35.3. The van der Waals surface area contributed by atoms with Crippen molar-refractivity contribution in [1.29, 1.82) is 0 Å².